The van der Waals surface area contributed by atoms with Crippen LogP contribution in [-0.4, -0.2) is 19.2 Å². The van der Waals surface area contributed by atoms with Gasteiger partial charge in [0.05, 0.1) is 5.75 Å². The van der Waals surface area contributed by atoms with Crippen molar-refractivity contribution in [2.45, 2.75) is 6.92 Å². The van der Waals surface area contributed by atoms with E-state index in [1.807, 2.05) is 36.4 Å². The fourth-order valence-electron chi connectivity index (χ4n) is 2.23. The zero-order chi connectivity index (χ0) is 15.7. The normalized spacial score (nSPS) is 11.7. The molecule has 2 N–H and O–H groups in total. The summed E-state index contributed by atoms with van der Waals surface area (Å²) in [6, 6.07) is 15.0. The Morgan fingerprint density at radius 3 is 2.50 bits per heavy atom. The van der Waals surface area contributed by atoms with Crippen molar-refractivity contribution in [3.05, 3.63) is 53.6 Å². The van der Waals surface area contributed by atoms with E-state index in [0.29, 0.717) is 10.7 Å². The molecule has 0 saturated heterocycles. The van der Waals surface area contributed by atoms with Crippen molar-refractivity contribution in [3.63, 3.8) is 0 Å². The molecule has 0 fully saturated rings. The molecular weight excluding hydrogens is 320 g/mol. The van der Waals surface area contributed by atoms with E-state index in [1.54, 1.807) is 19.1 Å². The second kappa shape index (κ2) is 5.66. The van der Waals surface area contributed by atoms with Crippen LogP contribution in [0.3, 0.4) is 0 Å². The summed E-state index contributed by atoms with van der Waals surface area (Å²) in [4.78, 5) is 3.32. The molecule has 0 aliphatic rings. The lowest BCUT2D eigenvalue weighted by Crippen LogP contribution is -2.14. The quantitative estimate of drug-likeness (QED) is 0.749. The van der Waals surface area contributed by atoms with Gasteiger partial charge in [-0.15, -0.1) is 0 Å². The predicted molar refractivity (Wildman–Crippen MR) is 91.8 cm³/mol. The fourth-order valence-corrected chi connectivity index (χ4v) is 3.05. The monoisotopic (exact) mass is 334 g/mol. The molecule has 114 valence electrons. The second-order valence-corrected chi connectivity index (χ2v) is 7.44. The lowest BCUT2D eigenvalue weighted by Gasteiger charge is -2.06. The number of hydrogen-bond donors (Lipinski definition) is 2. The molecule has 4 nitrogen and oxygen atoms in total. The Bertz CT molecular complexity index is 915. The summed E-state index contributed by atoms with van der Waals surface area (Å²) in [6.45, 7) is 1.60. The van der Waals surface area contributed by atoms with Gasteiger partial charge in [0.1, 0.15) is 0 Å². The molecule has 1 aromatic heterocycles. The summed E-state index contributed by atoms with van der Waals surface area (Å²) in [5.74, 6) is 0.0531. The molecule has 22 heavy (non-hydrogen) atoms. The van der Waals surface area contributed by atoms with Gasteiger partial charge < -0.3 is 4.98 Å². The average Bonchev–Trinajstić information content (AvgIpc) is 2.90. The van der Waals surface area contributed by atoms with Gasteiger partial charge in [-0.1, -0.05) is 23.7 Å². The molecule has 0 spiro atoms. The number of aromatic nitrogens is 1. The van der Waals surface area contributed by atoms with Crippen molar-refractivity contribution in [3.8, 4) is 11.3 Å². The Labute approximate surface area is 134 Å². The summed E-state index contributed by atoms with van der Waals surface area (Å²) in [6.07, 6.45) is 0. The first kappa shape index (κ1) is 14.9. The highest BCUT2D eigenvalue weighted by Gasteiger charge is 2.08. The largest absolute Gasteiger partial charge is 0.355 e. The third-order valence-corrected chi connectivity index (χ3v) is 4.97. The molecule has 0 aliphatic carbocycles. The maximum absolute atomic E-state index is 11.5. The molecule has 6 heteroatoms. The number of anilines is 1. The summed E-state index contributed by atoms with van der Waals surface area (Å²) >= 11 is 5.99. The number of halogens is 1. The number of nitrogens with one attached hydrogen (secondary N) is 2. The van der Waals surface area contributed by atoms with E-state index in [1.165, 1.54) is 0 Å². The molecule has 3 rings (SSSR count). The van der Waals surface area contributed by atoms with Gasteiger partial charge in [0.15, 0.2) is 0 Å². The standard InChI is InChI=1S/C16H15ClN2O2S/c1-2-22(20,21)19-14-6-3-11(4-7-14)16-10-12-9-13(17)5-8-15(12)18-16/h3-10,18-19H,2H2,1H3. The Morgan fingerprint density at radius 1 is 1.09 bits per heavy atom. The van der Waals surface area contributed by atoms with Crippen molar-refractivity contribution >= 4 is 38.2 Å². The molecule has 0 atom stereocenters. The van der Waals surface area contributed by atoms with E-state index >= 15 is 0 Å². The number of H-pyrrole nitrogens is 1. The lowest BCUT2D eigenvalue weighted by atomic mass is 10.1. The number of aromatic amines is 1. The zero-order valence-electron chi connectivity index (χ0n) is 11.9. The number of rotatable bonds is 4. The molecule has 2 aromatic carbocycles. The van der Waals surface area contributed by atoms with E-state index in [4.69, 9.17) is 11.6 Å². The smallest absolute Gasteiger partial charge is 0.232 e. The maximum atomic E-state index is 11.5. The van der Waals surface area contributed by atoms with Crippen LogP contribution >= 0.6 is 11.6 Å². The zero-order valence-corrected chi connectivity index (χ0v) is 13.5. The summed E-state index contributed by atoms with van der Waals surface area (Å²) < 4.78 is 25.6. The highest BCUT2D eigenvalue weighted by Crippen LogP contribution is 2.27. The van der Waals surface area contributed by atoms with Crippen molar-refractivity contribution < 1.29 is 8.42 Å². The van der Waals surface area contributed by atoms with Gasteiger partial charge in [-0.25, -0.2) is 8.42 Å². The van der Waals surface area contributed by atoms with Gasteiger partial charge in [0, 0.05) is 27.3 Å². The number of hydrogen-bond acceptors (Lipinski definition) is 2. The molecule has 0 radical (unpaired) electrons. The van der Waals surface area contributed by atoms with Crippen molar-refractivity contribution in [1.29, 1.82) is 0 Å². The van der Waals surface area contributed by atoms with Gasteiger partial charge in [0.2, 0.25) is 10.0 Å². The van der Waals surface area contributed by atoms with Crippen LogP contribution in [0.25, 0.3) is 22.2 Å². The Kier molecular flexibility index (Phi) is 3.85. The van der Waals surface area contributed by atoms with Crippen molar-refractivity contribution in [2.24, 2.45) is 0 Å². The maximum Gasteiger partial charge on any atom is 0.232 e. The van der Waals surface area contributed by atoms with E-state index in [2.05, 4.69) is 9.71 Å². The topological polar surface area (TPSA) is 62.0 Å². The van der Waals surface area contributed by atoms with Gasteiger partial charge >= 0.3 is 0 Å². The minimum atomic E-state index is -3.25. The highest BCUT2D eigenvalue weighted by molar-refractivity contribution is 7.92. The van der Waals surface area contributed by atoms with E-state index < -0.39 is 10.0 Å². The Balaban J connectivity index is 1.91. The van der Waals surface area contributed by atoms with Crippen LogP contribution in [0.2, 0.25) is 5.02 Å². The van der Waals surface area contributed by atoms with Gasteiger partial charge in [-0.3, -0.25) is 4.72 Å². The first-order chi connectivity index (χ1) is 10.5. The molecule has 0 amide bonds. The number of benzene rings is 2. The van der Waals surface area contributed by atoms with Crippen LogP contribution in [0.5, 0.6) is 0 Å². The van der Waals surface area contributed by atoms with E-state index in [0.717, 1.165) is 22.2 Å². The van der Waals surface area contributed by atoms with Gasteiger partial charge in [0.25, 0.3) is 0 Å². The fraction of sp³-hybridized carbons (Fsp3) is 0.125. The molecule has 3 aromatic rings. The predicted octanol–water partition coefficient (Wildman–Crippen LogP) is 4.25. The molecule has 0 bridgehead atoms. The SMILES string of the molecule is CCS(=O)(=O)Nc1ccc(-c2cc3cc(Cl)ccc3[nH]2)cc1. The minimum Gasteiger partial charge on any atom is -0.355 e. The summed E-state index contributed by atoms with van der Waals surface area (Å²) in [5, 5.41) is 1.74. The minimum absolute atomic E-state index is 0.0531. The van der Waals surface area contributed by atoms with E-state index in [-0.39, 0.29) is 5.75 Å². The summed E-state index contributed by atoms with van der Waals surface area (Å²) in [5.41, 5.74) is 3.51. The second-order valence-electron chi connectivity index (χ2n) is 5.00. The molecule has 0 aliphatic heterocycles. The Hall–Kier alpha value is -1.98. The van der Waals surface area contributed by atoms with Crippen molar-refractivity contribution in [2.75, 3.05) is 10.5 Å². The average molecular weight is 335 g/mol. The lowest BCUT2D eigenvalue weighted by molar-refractivity contribution is 0.602. The number of sulfonamides is 1. The summed E-state index contributed by atoms with van der Waals surface area (Å²) in [7, 11) is -3.25. The Morgan fingerprint density at radius 2 is 1.82 bits per heavy atom. The van der Waals surface area contributed by atoms with E-state index in [9.17, 15) is 8.42 Å². The molecule has 0 saturated carbocycles. The third kappa shape index (κ3) is 3.10. The van der Waals surface area contributed by atoms with Crippen molar-refractivity contribution in [1.82, 2.24) is 4.98 Å². The number of fused-ring (bicyclic) bond motifs is 1. The van der Waals surface area contributed by atoms with Gasteiger partial charge in [-0.05, 0) is 48.9 Å². The third-order valence-electron chi connectivity index (χ3n) is 3.43. The molecular formula is C16H15ClN2O2S. The van der Waals surface area contributed by atoms with Gasteiger partial charge in [-0.2, -0.15) is 0 Å². The molecule has 0 unspecified atom stereocenters. The van der Waals surface area contributed by atoms with Crippen LogP contribution in [0.15, 0.2) is 48.5 Å². The van der Waals surface area contributed by atoms with Crippen LogP contribution in [0.1, 0.15) is 6.92 Å². The van der Waals surface area contributed by atoms with Crippen LogP contribution in [0, 0.1) is 0 Å². The van der Waals surface area contributed by atoms with Crippen LogP contribution < -0.4 is 4.72 Å². The van der Waals surface area contributed by atoms with Crippen LogP contribution in [-0.2, 0) is 10.0 Å². The highest BCUT2D eigenvalue weighted by atomic mass is 35.5. The molecule has 1 heterocycles. The first-order valence-corrected chi connectivity index (χ1v) is 8.89. The van der Waals surface area contributed by atoms with Crippen LogP contribution in [0.4, 0.5) is 5.69 Å². The first-order valence-electron chi connectivity index (χ1n) is 6.86.